The molecule has 0 spiro atoms. The molecule has 166 valence electrons. The van der Waals surface area contributed by atoms with E-state index in [1.165, 1.54) is 35.6 Å². The summed E-state index contributed by atoms with van der Waals surface area (Å²) >= 11 is 1.41. The molecule has 4 rings (SSSR count). The number of esters is 1. The van der Waals surface area contributed by atoms with Crippen LogP contribution in [0.5, 0.6) is 0 Å². The molecule has 0 atom stereocenters. The number of nitriles is 1. The second kappa shape index (κ2) is 9.49. The summed E-state index contributed by atoms with van der Waals surface area (Å²) in [5.74, 6) is -1.94. The molecule has 9 heteroatoms. The molecule has 0 unspecified atom stereocenters. The number of carbonyl (C=O) groups excluding carboxylic acids is 3. The van der Waals surface area contributed by atoms with E-state index in [1.54, 1.807) is 4.90 Å². The number of thiophene rings is 1. The zero-order valence-electron chi connectivity index (χ0n) is 17.4. The van der Waals surface area contributed by atoms with E-state index in [-0.39, 0.29) is 11.8 Å². The summed E-state index contributed by atoms with van der Waals surface area (Å²) in [5.41, 5.74) is 1.94. The highest BCUT2D eigenvalue weighted by molar-refractivity contribution is 7.16. The van der Waals surface area contributed by atoms with Crippen LogP contribution in [0.3, 0.4) is 0 Å². The Morgan fingerprint density at radius 1 is 1.19 bits per heavy atom. The first-order valence-corrected chi connectivity index (χ1v) is 11.3. The van der Waals surface area contributed by atoms with Gasteiger partial charge in [-0.1, -0.05) is 0 Å². The molecule has 32 heavy (non-hydrogen) atoms. The first kappa shape index (κ1) is 22.0. The number of amides is 2. The highest BCUT2D eigenvalue weighted by Gasteiger charge is 2.29. The van der Waals surface area contributed by atoms with Crippen molar-refractivity contribution in [2.75, 3.05) is 25.0 Å². The quantitative estimate of drug-likeness (QED) is 0.698. The molecule has 1 saturated heterocycles. The fourth-order valence-corrected chi connectivity index (χ4v) is 5.38. The minimum atomic E-state index is -0.473. The molecule has 2 heterocycles. The molecule has 0 radical (unpaired) electrons. The van der Waals surface area contributed by atoms with Crippen molar-refractivity contribution in [1.82, 2.24) is 4.90 Å². The van der Waals surface area contributed by atoms with E-state index in [0.29, 0.717) is 42.1 Å². The van der Waals surface area contributed by atoms with E-state index in [2.05, 4.69) is 11.4 Å². The number of hydrogen-bond donors (Lipinski definition) is 1. The molecule has 0 saturated carbocycles. The number of nitrogens with zero attached hydrogens (tertiary/aromatic N) is 2. The molecule has 1 N–H and O–H groups in total. The summed E-state index contributed by atoms with van der Waals surface area (Å²) in [7, 11) is 0. The van der Waals surface area contributed by atoms with Gasteiger partial charge in [-0.2, -0.15) is 5.26 Å². The molecule has 2 aliphatic rings. The van der Waals surface area contributed by atoms with Crippen LogP contribution in [0.4, 0.5) is 9.39 Å². The van der Waals surface area contributed by atoms with Gasteiger partial charge in [-0.25, -0.2) is 4.39 Å². The van der Waals surface area contributed by atoms with Crippen molar-refractivity contribution in [2.45, 2.75) is 32.1 Å². The Balaban J connectivity index is 1.24. The Kier molecular flexibility index (Phi) is 6.51. The Morgan fingerprint density at radius 2 is 1.91 bits per heavy atom. The van der Waals surface area contributed by atoms with Gasteiger partial charge in [0, 0.05) is 23.5 Å². The van der Waals surface area contributed by atoms with Gasteiger partial charge in [0.2, 0.25) is 0 Å². The van der Waals surface area contributed by atoms with E-state index < -0.39 is 24.3 Å². The summed E-state index contributed by atoms with van der Waals surface area (Å²) in [6.45, 7) is 0.351. The number of anilines is 1. The molecule has 1 aromatic heterocycles. The molecule has 1 aliphatic carbocycles. The van der Waals surface area contributed by atoms with Gasteiger partial charge in [-0.05, 0) is 61.9 Å². The van der Waals surface area contributed by atoms with Crippen LogP contribution >= 0.6 is 11.3 Å². The summed E-state index contributed by atoms with van der Waals surface area (Å²) in [6.07, 6.45) is 3.66. The third-order valence-corrected chi connectivity index (χ3v) is 7.05. The van der Waals surface area contributed by atoms with Gasteiger partial charge in [0.15, 0.2) is 6.61 Å². The van der Waals surface area contributed by atoms with Crippen LogP contribution in [-0.2, 0) is 27.2 Å². The minimum Gasteiger partial charge on any atom is -0.455 e. The van der Waals surface area contributed by atoms with Gasteiger partial charge < -0.3 is 15.0 Å². The maximum absolute atomic E-state index is 13.0. The van der Waals surface area contributed by atoms with Crippen molar-refractivity contribution in [3.8, 4) is 6.07 Å². The predicted octanol–water partition coefficient (Wildman–Crippen LogP) is 3.28. The largest absolute Gasteiger partial charge is 0.455 e. The topological polar surface area (TPSA) is 99.5 Å². The van der Waals surface area contributed by atoms with Crippen molar-refractivity contribution < 1.29 is 23.5 Å². The Hall–Kier alpha value is -3.25. The number of halogens is 1. The van der Waals surface area contributed by atoms with Gasteiger partial charge in [0.05, 0.1) is 11.5 Å². The molecule has 2 aromatic rings. The van der Waals surface area contributed by atoms with Crippen LogP contribution in [-0.4, -0.2) is 42.4 Å². The van der Waals surface area contributed by atoms with E-state index in [0.717, 1.165) is 29.7 Å². The van der Waals surface area contributed by atoms with Crippen LogP contribution in [0, 0.1) is 23.1 Å². The van der Waals surface area contributed by atoms with Gasteiger partial charge in [-0.15, -0.1) is 11.3 Å². The molecule has 1 aromatic carbocycles. The number of benzene rings is 1. The van der Waals surface area contributed by atoms with Crippen molar-refractivity contribution in [2.24, 2.45) is 5.92 Å². The normalized spacial score (nSPS) is 15.7. The lowest BCUT2D eigenvalue weighted by molar-refractivity contribution is -0.152. The van der Waals surface area contributed by atoms with Crippen LogP contribution in [0.15, 0.2) is 24.3 Å². The maximum atomic E-state index is 13.0. The maximum Gasteiger partial charge on any atom is 0.309 e. The van der Waals surface area contributed by atoms with Crippen molar-refractivity contribution in [3.63, 3.8) is 0 Å². The molecule has 1 aliphatic heterocycles. The number of aryl methyl sites for hydroxylation is 1. The summed E-state index contributed by atoms with van der Waals surface area (Å²) in [5, 5.41) is 12.6. The van der Waals surface area contributed by atoms with Gasteiger partial charge in [0.25, 0.3) is 11.8 Å². The van der Waals surface area contributed by atoms with Crippen molar-refractivity contribution >= 4 is 34.1 Å². The lowest BCUT2D eigenvalue weighted by Gasteiger charge is -2.31. The summed E-state index contributed by atoms with van der Waals surface area (Å²) in [6, 6.07) is 7.53. The fraction of sp³-hybridized carbons (Fsp3) is 0.391. The number of ether oxygens (including phenoxy) is 1. The van der Waals surface area contributed by atoms with Crippen molar-refractivity contribution in [3.05, 3.63) is 51.7 Å². The van der Waals surface area contributed by atoms with E-state index in [9.17, 15) is 24.0 Å². The molecule has 1 fully saturated rings. The third kappa shape index (κ3) is 4.65. The number of carbonyl (C=O) groups is 3. The van der Waals surface area contributed by atoms with Crippen molar-refractivity contribution in [1.29, 1.82) is 5.26 Å². The first-order chi connectivity index (χ1) is 15.5. The third-order valence-electron chi connectivity index (χ3n) is 5.84. The molecular formula is C23H22FN3O4S. The number of fused-ring (bicyclic) bond motifs is 1. The Morgan fingerprint density at radius 3 is 2.59 bits per heavy atom. The van der Waals surface area contributed by atoms with Crippen LogP contribution < -0.4 is 5.32 Å². The van der Waals surface area contributed by atoms with Crippen LogP contribution in [0.25, 0.3) is 0 Å². The van der Waals surface area contributed by atoms with E-state index in [4.69, 9.17) is 4.74 Å². The Bertz CT molecular complexity index is 1080. The van der Waals surface area contributed by atoms with Crippen LogP contribution in [0.1, 0.15) is 45.6 Å². The second-order valence-electron chi connectivity index (χ2n) is 7.90. The number of piperidine rings is 1. The Labute approximate surface area is 188 Å². The zero-order valence-corrected chi connectivity index (χ0v) is 18.2. The fourth-order valence-electron chi connectivity index (χ4n) is 4.12. The summed E-state index contributed by atoms with van der Waals surface area (Å²) in [4.78, 5) is 39.9. The highest BCUT2D eigenvalue weighted by Crippen LogP contribution is 2.38. The predicted molar refractivity (Wildman–Crippen MR) is 116 cm³/mol. The molecular weight excluding hydrogens is 433 g/mol. The average molecular weight is 456 g/mol. The molecule has 7 nitrogen and oxygen atoms in total. The minimum absolute atomic E-state index is 0.202. The smallest absolute Gasteiger partial charge is 0.309 e. The van der Waals surface area contributed by atoms with E-state index >= 15 is 0 Å². The lowest BCUT2D eigenvalue weighted by atomic mass is 9.96. The standard InChI is InChI=1S/C23H22FN3O4S/c24-16-6-4-14(5-7-16)22(29)27-10-8-15(9-11-27)23(30)31-13-20(28)26-21-18(12-25)17-2-1-3-19(17)32-21/h4-7,15H,1-3,8-11,13H2,(H,26,28). The van der Waals surface area contributed by atoms with Gasteiger partial charge in [0.1, 0.15) is 16.9 Å². The second-order valence-corrected chi connectivity index (χ2v) is 9.01. The average Bonchev–Trinajstić information content (AvgIpc) is 3.38. The number of nitrogens with one attached hydrogen (secondary N) is 1. The number of rotatable bonds is 5. The highest BCUT2D eigenvalue weighted by atomic mass is 32.1. The van der Waals surface area contributed by atoms with Crippen LogP contribution in [0.2, 0.25) is 0 Å². The zero-order chi connectivity index (χ0) is 22.7. The summed E-state index contributed by atoms with van der Waals surface area (Å²) < 4.78 is 18.2. The molecule has 2 amide bonds. The van der Waals surface area contributed by atoms with Gasteiger partial charge >= 0.3 is 5.97 Å². The molecule has 0 bridgehead atoms. The number of hydrogen-bond acceptors (Lipinski definition) is 6. The first-order valence-electron chi connectivity index (χ1n) is 10.5. The SMILES string of the molecule is N#Cc1c(NC(=O)COC(=O)C2CCN(C(=O)c3ccc(F)cc3)CC2)sc2c1CCC2. The van der Waals surface area contributed by atoms with E-state index in [1.807, 2.05) is 0 Å². The number of likely N-dealkylation sites (tertiary alicyclic amines) is 1. The monoisotopic (exact) mass is 455 g/mol. The lowest BCUT2D eigenvalue weighted by Crippen LogP contribution is -2.41. The van der Waals surface area contributed by atoms with Gasteiger partial charge in [-0.3, -0.25) is 14.4 Å².